The third-order valence-electron chi connectivity index (χ3n) is 2.79. The van der Waals surface area contributed by atoms with Gasteiger partial charge in [0.1, 0.15) is 11.8 Å². The van der Waals surface area contributed by atoms with E-state index < -0.39 is 33.8 Å². The zero-order chi connectivity index (χ0) is 18.8. The summed E-state index contributed by atoms with van der Waals surface area (Å²) in [5.74, 6) is 0.233. The Bertz CT molecular complexity index is 720. The van der Waals surface area contributed by atoms with Crippen molar-refractivity contribution in [3.05, 3.63) is 29.8 Å². The first kappa shape index (κ1) is 20.0. The van der Waals surface area contributed by atoms with Gasteiger partial charge in [0.25, 0.3) is 5.60 Å². The fourth-order valence-corrected chi connectivity index (χ4v) is 2.22. The fourth-order valence-electron chi connectivity index (χ4n) is 1.56. The van der Waals surface area contributed by atoms with Gasteiger partial charge in [-0.2, -0.15) is 40.0 Å². The predicted octanol–water partition coefficient (Wildman–Crippen LogP) is 2.93. The number of alkyl halides is 6. The van der Waals surface area contributed by atoms with Gasteiger partial charge in [0, 0.05) is 6.42 Å². The van der Waals surface area contributed by atoms with Crippen molar-refractivity contribution in [2.24, 2.45) is 0 Å². The Labute approximate surface area is 132 Å². The van der Waals surface area contributed by atoms with Gasteiger partial charge in [-0.3, -0.25) is 0 Å². The summed E-state index contributed by atoms with van der Waals surface area (Å²) < 4.78 is 106. The highest BCUT2D eigenvalue weighted by atomic mass is 32.2. The van der Waals surface area contributed by atoms with Crippen LogP contribution in [0.2, 0.25) is 0 Å². The highest BCUT2D eigenvalue weighted by molar-refractivity contribution is 7.87. The summed E-state index contributed by atoms with van der Waals surface area (Å²) in [6.07, 6.45) is -7.17. The van der Waals surface area contributed by atoms with Crippen LogP contribution in [0, 0.1) is 11.3 Å². The van der Waals surface area contributed by atoms with E-state index in [2.05, 4.69) is 4.18 Å². The molecule has 0 aliphatic heterocycles. The van der Waals surface area contributed by atoms with Crippen molar-refractivity contribution < 1.29 is 43.7 Å². The second-order valence-corrected chi connectivity index (χ2v) is 5.98. The lowest BCUT2D eigenvalue weighted by atomic mass is 9.95. The molecule has 0 amide bonds. The van der Waals surface area contributed by atoms with Gasteiger partial charge in [-0.15, -0.1) is 0 Å². The number of hydrogen-bond donors (Lipinski definition) is 0. The van der Waals surface area contributed by atoms with Crippen molar-refractivity contribution in [1.29, 1.82) is 5.26 Å². The third-order valence-corrected chi connectivity index (χ3v) is 3.86. The molecule has 1 aromatic carbocycles. The molecule has 1 atom stereocenters. The number of hydrogen-bond acceptors (Lipinski definition) is 5. The lowest BCUT2D eigenvalue weighted by Gasteiger charge is -2.28. The van der Waals surface area contributed by atoms with Crippen molar-refractivity contribution in [1.82, 2.24) is 0 Å². The molecule has 134 valence electrons. The standard InChI is InChI=1S/C12H9F6NO4S/c1-22-9-4-2-8(3-5-9)6-10(7-19,11(13,14)15)23-24(20,21)12(16,17)18/h2-5H,6H2,1H3. The molecule has 0 radical (unpaired) electrons. The molecule has 0 heterocycles. The molecule has 24 heavy (non-hydrogen) atoms. The summed E-state index contributed by atoms with van der Waals surface area (Å²) in [6, 6.07) is 4.93. The van der Waals surface area contributed by atoms with Crippen LogP contribution in [0.4, 0.5) is 26.3 Å². The van der Waals surface area contributed by atoms with Crippen molar-refractivity contribution in [3.8, 4) is 11.8 Å². The minimum absolute atomic E-state index is 0.233. The number of halogens is 6. The maximum atomic E-state index is 13.1. The van der Waals surface area contributed by atoms with E-state index in [0.29, 0.717) is 6.07 Å². The van der Waals surface area contributed by atoms with E-state index in [-0.39, 0.29) is 11.3 Å². The normalized spacial score (nSPS) is 15.4. The molecular formula is C12H9F6NO4S. The Morgan fingerprint density at radius 2 is 1.58 bits per heavy atom. The van der Waals surface area contributed by atoms with Crippen LogP contribution >= 0.6 is 0 Å². The van der Waals surface area contributed by atoms with Gasteiger partial charge < -0.3 is 4.74 Å². The largest absolute Gasteiger partial charge is 0.523 e. The molecule has 0 aliphatic rings. The molecule has 0 saturated carbocycles. The van der Waals surface area contributed by atoms with E-state index in [1.807, 2.05) is 0 Å². The van der Waals surface area contributed by atoms with Crippen LogP contribution in [-0.2, 0) is 20.7 Å². The summed E-state index contributed by atoms with van der Waals surface area (Å²) in [5, 5.41) is 8.75. The SMILES string of the molecule is COc1ccc(CC(C#N)(OS(=O)(=O)C(F)(F)F)C(F)(F)F)cc1. The van der Waals surface area contributed by atoms with E-state index in [1.54, 1.807) is 0 Å². The number of rotatable bonds is 5. The molecule has 0 aliphatic carbocycles. The lowest BCUT2D eigenvalue weighted by Crippen LogP contribution is -2.51. The molecule has 5 nitrogen and oxygen atoms in total. The summed E-state index contributed by atoms with van der Waals surface area (Å²) in [5.41, 5.74) is -10.6. The predicted molar refractivity (Wildman–Crippen MR) is 67.2 cm³/mol. The van der Waals surface area contributed by atoms with E-state index in [1.165, 1.54) is 19.2 Å². The van der Waals surface area contributed by atoms with Crippen molar-refractivity contribution >= 4 is 10.1 Å². The van der Waals surface area contributed by atoms with E-state index in [9.17, 15) is 34.8 Å². The summed E-state index contributed by atoms with van der Waals surface area (Å²) in [7, 11) is -5.38. The maximum absolute atomic E-state index is 13.1. The zero-order valence-corrected chi connectivity index (χ0v) is 12.6. The Morgan fingerprint density at radius 3 is 1.92 bits per heavy atom. The van der Waals surface area contributed by atoms with Crippen LogP contribution in [0.15, 0.2) is 24.3 Å². The van der Waals surface area contributed by atoms with Gasteiger partial charge in [0.2, 0.25) is 0 Å². The van der Waals surface area contributed by atoms with E-state index >= 15 is 0 Å². The van der Waals surface area contributed by atoms with Crippen molar-refractivity contribution in [2.75, 3.05) is 7.11 Å². The first-order valence-electron chi connectivity index (χ1n) is 5.91. The topological polar surface area (TPSA) is 76.4 Å². The molecule has 0 N–H and O–H groups in total. The number of methoxy groups -OCH3 is 1. The average Bonchev–Trinajstić information content (AvgIpc) is 2.44. The molecule has 0 bridgehead atoms. The third kappa shape index (κ3) is 4.09. The lowest BCUT2D eigenvalue weighted by molar-refractivity contribution is -0.227. The van der Waals surface area contributed by atoms with Crippen molar-refractivity contribution in [3.63, 3.8) is 0 Å². The number of nitrogens with zero attached hydrogens (tertiary/aromatic N) is 1. The monoisotopic (exact) mass is 377 g/mol. The minimum atomic E-state index is -6.65. The molecule has 1 unspecified atom stereocenters. The highest BCUT2D eigenvalue weighted by Gasteiger charge is 2.63. The summed E-state index contributed by atoms with van der Waals surface area (Å²) in [6.45, 7) is 0. The molecular weight excluding hydrogens is 368 g/mol. The Kier molecular flexibility index (Phi) is 5.41. The van der Waals surface area contributed by atoms with E-state index in [0.717, 1.165) is 12.1 Å². The molecule has 0 saturated heterocycles. The van der Waals surface area contributed by atoms with Gasteiger partial charge in [-0.1, -0.05) is 12.1 Å². The fraction of sp³-hybridized carbons (Fsp3) is 0.417. The molecule has 12 heteroatoms. The summed E-state index contributed by atoms with van der Waals surface area (Å²) >= 11 is 0. The molecule has 1 rings (SSSR count). The van der Waals surface area contributed by atoms with E-state index in [4.69, 9.17) is 10.00 Å². The van der Waals surface area contributed by atoms with Crippen LogP contribution in [0.5, 0.6) is 5.75 Å². The molecule has 1 aromatic rings. The quantitative estimate of drug-likeness (QED) is 0.448. The molecule has 0 spiro atoms. The smallest absolute Gasteiger partial charge is 0.497 e. The average molecular weight is 377 g/mol. The Balaban J connectivity index is 3.33. The minimum Gasteiger partial charge on any atom is -0.497 e. The van der Waals surface area contributed by atoms with Crippen LogP contribution < -0.4 is 4.74 Å². The Hall–Kier alpha value is -2.00. The first-order valence-corrected chi connectivity index (χ1v) is 7.31. The summed E-state index contributed by atoms with van der Waals surface area (Å²) in [4.78, 5) is 0. The van der Waals surface area contributed by atoms with Gasteiger partial charge in [-0.05, 0) is 17.7 Å². The van der Waals surface area contributed by atoms with Gasteiger partial charge in [0.05, 0.1) is 7.11 Å². The van der Waals surface area contributed by atoms with Gasteiger partial charge in [0.15, 0.2) is 0 Å². The van der Waals surface area contributed by atoms with Gasteiger partial charge in [-0.25, -0.2) is 4.18 Å². The van der Waals surface area contributed by atoms with Crippen LogP contribution in [0.3, 0.4) is 0 Å². The first-order chi connectivity index (χ1) is 10.8. The maximum Gasteiger partial charge on any atom is 0.523 e. The van der Waals surface area contributed by atoms with Crippen LogP contribution in [-0.4, -0.2) is 32.8 Å². The second-order valence-electron chi connectivity index (χ2n) is 4.44. The number of ether oxygens (including phenoxy) is 1. The second kappa shape index (κ2) is 6.48. The van der Waals surface area contributed by atoms with Gasteiger partial charge >= 0.3 is 21.8 Å². The molecule has 0 aromatic heterocycles. The number of benzene rings is 1. The zero-order valence-electron chi connectivity index (χ0n) is 11.8. The number of nitriles is 1. The molecule has 0 fully saturated rings. The van der Waals surface area contributed by atoms with Crippen LogP contribution in [0.25, 0.3) is 0 Å². The Morgan fingerprint density at radius 1 is 1.08 bits per heavy atom. The van der Waals surface area contributed by atoms with Crippen LogP contribution in [0.1, 0.15) is 5.56 Å². The van der Waals surface area contributed by atoms with Crippen molar-refractivity contribution in [2.45, 2.75) is 23.7 Å². The highest BCUT2D eigenvalue weighted by Crippen LogP contribution is 2.40.